The van der Waals surface area contributed by atoms with E-state index in [1.54, 1.807) is 0 Å². The Balaban J connectivity index is 1.91. The molecule has 0 atom stereocenters. The summed E-state index contributed by atoms with van der Waals surface area (Å²) in [5.74, 6) is -0.131. The molecule has 0 unspecified atom stereocenters. The van der Waals surface area contributed by atoms with Gasteiger partial charge in [-0.3, -0.25) is 19.2 Å². The fourth-order valence-electron chi connectivity index (χ4n) is 3.00. The van der Waals surface area contributed by atoms with Gasteiger partial charge in [0, 0.05) is 31.6 Å². The standard InChI is InChI=1S/C18H25N3O5S/c1-27(25,26)20(16-9-5-10-17(13-16)21(23)24)12-6-11-18(22)19-14-15-7-3-2-4-8-15/h5,7,9-10,13H,2-4,6,8,11-12,14H2,1H3,(H,19,22). The highest BCUT2D eigenvalue weighted by molar-refractivity contribution is 7.92. The molecular weight excluding hydrogens is 370 g/mol. The molecule has 1 aliphatic rings. The van der Waals surface area contributed by atoms with E-state index in [0.29, 0.717) is 13.0 Å². The Morgan fingerprint density at radius 2 is 2.11 bits per heavy atom. The lowest BCUT2D eigenvalue weighted by atomic mass is 10.00. The summed E-state index contributed by atoms with van der Waals surface area (Å²) in [6.07, 6.45) is 8.12. The number of nitro groups is 1. The highest BCUT2D eigenvalue weighted by Crippen LogP contribution is 2.23. The Kier molecular flexibility index (Phi) is 7.35. The molecule has 0 radical (unpaired) electrons. The number of rotatable bonds is 9. The van der Waals surface area contributed by atoms with Crippen molar-refractivity contribution in [3.05, 3.63) is 46.0 Å². The van der Waals surface area contributed by atoms with Gasteiger partial charge in [0.2, 0.25) is 15.9 Å². The second kappa shape index (κ2) is 9.50. The number of benzene rings is 1. The molecule has 8 nitrogen and oxygen atoms in total. The normalized spacial score (nSPS) is 14.3. The maximum atomic E-state index is 12.1. The zero-order valence-corrected chi connectivity index (χ0v) is 16.2. The molecule has 0 aromatic heterocycles. The quantitative estimate of drug-likeness (QED) is 0.393. The SMILES string of the molecule is CS(=O)(=O)N(CCCC(=O)NCC1=CCCCC1)c1cccc([N+](=O)[O-])c1. The van der Waals surface area contributed by atoms with E-state index < -0.39 is 14.9 Å². The molecule has 1 aliphatic carbocycles. The zero-order valence-electron chi connectivity index (χ0n) is 15.4. The number of anilines is 1. The number of sulfonamides is 1. The number of hydrogen-bond acceptors (Lipinski definition) is 5. The molecule has 0 bridgehead atoms. The largest absolute Gasteiger partial charge is 0.352 e. The van der Waals surface area contributed by atoms with Crippen LogP contribution in [0.5, 0.6) is 0 Å². The molecule has 1 amide bonds. The summed E-state index contributed by atoms with van der Waals surface area (Å²) in [6, 6.07) is 5.47. The van der Waals surface area contributed by atoms with Crippen LogP contribution >= 0.6 is 0 Å². The summed E-state index contributed by atoms with van der Waals surface area (Å²) in [6.45, 7) is 0.621. The van der Waals surface area contributed by atoms with Crippen molar-refractivity contribution in [1.82, 2.24) is 5.32 Å². The summed E-state index contributed by atoms with van der Waals surface area (Å²) in [5.41, 5.74) is 1.28. The van der Waals surface area contributed by atoms with Gasteiger partial charge in [0.1, 0.15) is 0 Å². The van der Waals surface area contributed by atoms with Crippen molar-refractivity contribution in [2.24, 2.45) is 0 Å². The van der Waals surface area contributed by atoms with Crippen LogP contribution in [0.25, 0.3) is 0 Å². The summed E-state index contributed by atoms with van der Waals surface area (Å²) in [5, 5.41) is 13.8. The molecule has 148 valence electrons. The third-order valence-corrected chi connectivity index (χ3v) is 5.59. The number of hydrogen-bond donors (Lipinski definition) is 1. The van der Waals surface area contributed by atoms with Crippen molar-refractivity contribution in [2.45, 2.75) is 38.5 Å². The summed E-state index contributed by atoms with van der Waals surface area (Å²) in [4.78, 5) is 22.3. The van der Waals surface area contributed by atoms with Gasteiger partial charge < -0.3 is 5.32 Å². The van der Waals surface area contributed by atoms with Crippen LogP contribution in [0.15, 0.2) is 35.9 Å². The van der Waals surface area contributed by atoms with Gasteiger partial charge in [-0.1, -0.05) is 17.7 Å². The smallest absolute Gasteiger partial charge is 0.271 e. The second-order valence-corrected chi connectivity index (χ2v) is 8.51. The van der Waals surface area contributed by atoms with E-state index in [1.807, 2.05) is 0 Å². The van der Waals surface area contributed by atoms with E-state index in [1.165, 1.54) is 36.3 Å². The van der Waals surface area contributed by atoms with E-state index in [-0.39, 0.29) is 30.2 Å². The lowest BCUT2D eigenvalue weighted by Gasteiger charge is -2.22. The summed E-state index contributed by atoms with van der Waals surface area (Å²) >= 11 is 0. The molecule has 0 heterocycles. The van der Waals surface area contributed by atoms with Gasteiger partial charge in [-0.15, -0.1) is 0 Å². The van der Waals surface area contributed by atoms with Crippen molar-refractivity contribution >= 4 is 27.3 Å². The first-order chi connectivity index (χ1) is 12.8. The maximum absolute atomic E-state index is 12.1. The molecule has 9 heteroatoms. The number of carbonyl (C=O) groups excluding carboxylic acids is 1. The van der Waals surface area contributed by atoms with Crippen molar-refractivity contribution in [2.75, 3.05) is 23.7 Å². The molecule has 0 fully saturated rings. The van der Waals surface area contributed by atoms with Crippen LogP contribution in [0, 0.1) is 10.1 Å². The summed E-state index contributed by atoms with van der Waals surface area (Å²) < 4.78 is 25.2. The van der Waals surface area contributed by atoms with Gasteiger partial charge in [0.05, 0.1) is 16.9 Å². The fourth-order valence-corrected chi connectivity index (χ4v) is 3.95. The van der Waals surface area contributed by atoms with Crippen LogP contribution in [0.1, 0.15) is 38.5 Å². The molecule has 1 aromatic carbocycles. The molecule has 0 saturated heterocycles. The number of amides is 1. The first-order valence-corrected chi connectivity index (χ1v) is 10.8. The van der Waals surface area contributed by atoms with E-state index in [4.69, 9.17) is 0 Å². The van der Waals surface area contributed by atoms with Crippen molar-refractivity contribution in [3.8, 4) is 0 Å². The highest BCUT2D eigenvalue weighted by Gasteiger charge is 2.19. The topological polar surface area (TPSA) is 110 Å². The Bertz CT molecular complexity index is 820. The van der Waals surface area contributed by atoms with Gasteiger partial charge in [0.25, 0.3) is 5.69 Å². The van der Waals surface area contributed by atoms with Crippen molar-refractivity contribution in [1.29, 1.82) is 0 Å². The molecule has 2 rings (SSSR count). The van der Waals surface area contributed by atoms with Crippen molar-refractivity contribution < 1.29 is 18.1 Å². The lowest BCUT2D eigenvalue weighted by Crippen LogP contribution is -2.32. The maximum Gasteiger partial charge on any atom is 0.271 e. The molecule has 0 aliphatic heterocycles. The Labute approximate surface area is 159 Å². The monoisotopic (exact) mass is 395 g/mol. The molecule has 0 saturated carbocycles. The molecule has 1 N–H and O–H groups in total. The Hall–Kier alpha value is -2.42. The molecule has 1 aromatic rings. The minimum absolute atomic E-state index is 0.0795. The Morgan fingerprint density at radius 3 is 2.74 bits per heavy atom. The zero-order chi connectivity index (χ0) is 19.9. The van der Waals surface area contributed by atoms with Gasteiger partial charge in [-0.05, 0) is 38.2 Å². The number of carbonyl (C=O) groups is 1. The number of allylic oxidation sites excluding steroid dienone is 1. The first kappa shape index (κ1) is 20.9. The van der Waals surface area contributed by atoms with Crippen LogP contribution in [0.2, 0.25) is 0 Å². The van der Waals surface area contributed by atoms with Crippen LogP contribution in [-0.4, -0.2) is 38.6 Å². The first-order valence-electron chi connectivity index (χ1n) is 8.94. The molecule has 0 spiro atoms. The van der Waals surface area contributed by atoms with Gasteiger partial charge in [-0.2, -0.15) is 0 Å². The van der Waals surface area contributed by atoms with Crippen LogP contribution in [0.4, 0.5) is 11.4 Å². The predicted molar refractivity (Wildman–Crippen MR) is 104 cm³/mol. The molecular formula is C18H25N3O5S. The minimum Gasteiger partial charge on any atom is -0.352 e. The lowest BCUT2D eigenvalue weighted by molar-refractivity contribution is -0.384. The molecule has 27 heavy (non-hydrogen) atoms. The average Bonchev–Trinajstić information content (AvgIpc) is 2.63. The summed E-state index contributed by atoms with van der Waals surface area (Å²) in [7, 11) is -3.62. The second-order valence-electron chi connectivity index (χ2n) is 6.60. The number of nitrogens with zero attached hydrogens (tertiary/aromatic N) is 2. The minimum atomic E-state index is -3.62. The van der Waals surface area contributed by atoms with Crippen LogP contribution in [-0.2, 0) is 14.8 Å². The third-order valence-electron chi connectivity index (χ3n) is 4.39. The fraction of sp³-hybridized carbons (Fsp3) is 0.500. The third kappa shape index (κ3) is 6.67. The number of nitrogens with one attached hydrogen (secondary N) is 1. The van der Waals surface area contributed by atoms with E-state index in [9.17, 15) is 23.3 Å². The van der Waals surface area contributed by atoms with Gasteiger partial charge in [0.15, 0.2) is 0 Å². The van der Waals surface area contributed by atoms with Crippen LogP contribution < -0.4 is 9.62 Å². The predicted octanol–water partition coefficient (Wildman–Crippen LogP) is 2.76. The van der Waals surface area contributed by atoms with Gasteiger partial charge >= 0.3 is 0 Å². The number of nitro benzene ring substituents is 1. The van der Waals surface area contributed by atoms with E-state index in [2.05, 4.69) is 11.4 Å². The van der Waals surface area contributed by atoms with E-state index in [0.717, 1.165) is 29.8 Å². The Morgan fingerprint density at radius 1 is 1.33 bits per heavy atom. The van der Waals surface area contributed by atoms with Gasteiger partial charge in [-0.25, -0.2) is 8.42 Å². The van der Waals surface area contributed by atoms with Crippen molar-refractivity contribution in [3.63, 3.8) is 0 Å². The van der Waals surface area contributed by atoms with E-state index >= 15 is 0 Å². The highest BCUT2D eigenvalue weighted by atomic mass is 32.2. The van der Waals surface area contributed by atoms with Crippen LogP contribution in [0.3, 0.4) is 0 Å². The number of non-ortho nitro benzene ring substituents is 1. The average molecular weight is 395 g/mol.